The Morgan fingerprint density at radius 1 is 1.15 bits per heavy atom. The minimum atomic E-state index is -1.03. The van der Waals surface area contributed by atoms with Gasteiger partial charge >= 0.3 is 6.09 Å². The number of rotatable bonds is 11. The van der Waals surface area contributed by atoms with Crippen molar-refractivity contribution in [3.05, 3.63) is 64.2 Å². The molecule has 40 heavy (non-hydrogen) atoms. The minimum absolute atomic E-state index is 0.347. The van der Waals surface area contributed by atoms with Gasteiger partial charge in [0.05, 0.1) is 10.7 Å². The SMILES string of the molecule is C#Cc1ccc(C(C(=O)Nc2c(C)cccc2Cl)N(C(=O)C(CCSC)NC(=O)OC(C)(C)C)C(C)CC)cc1. The predicted molar refractivity (Wildman–Crippen MR) is 165 cm³/mol. The first-order chi connectivity index (χ1) is 18.8. The first-order valence-corrected chi connectivity index (χ1v) is 15.0. The third-order valence-electron chi connectivity index (χ3n) is 6.31. The Morgan fingerprint density at radius 2 is 1.80 bits per heavy atom. The molecular weight excluding hydrogens is 546 g/mol. The van der Waals surface area contributed by atoms with Gasteiger partial charge in [-0.25, -0.2) is 4.79 Å². The molecule has 0 spiro atoms. The molecule has 0 aliphatic carbocycles. The fraction of sp³-hybridized carbons (Fsp3) is 0.452. The highest BCUT2D eigenvalue weighted by atomic mass is 35.5. The monoisotopic (exact) mass is 585 g/mol. The number of terminal acetylenes is 1. The topological polar surface area (TPSA) is 87.7 Å². The zero-order chi connectivity index (χ0) is 30.0. The molecule has 0 bridgehead atoms. The average molecular weight is 586 g/mol. The number of carbonyl (C=O) groups excluding carboxylic acids is 3. The molecule has 2 aromatic carbocycles. The largest absolute Gasteiger partial charge is 0.444 e. The van der Waals surface area contributed by atoms with Crippen molar-refractivity contribution in [2.24, 2.45) is 0 Å². The number of nitrogens with one attached hydrogen (secondary N) is 2. The maximum absolute atomic E-state index is 14.3. The molecule has 2 rings (SSSR count). The van der Waals surface area contributed by atoms with E-state index in [1.54, 1.807) is 73.8 Å². The van der Waals surface area contributed by atoms with Crippen LogP contribution in [-0.4, -0.2) is 52.5 Å². The lowest BCUT2D eigenvalue weighted by Gasteiger charge is -2.38. The van der Waals surface area contributed by atoms with Crippen LogP contribution in [0.1, 0.15) is 70.2 Å². The number of thioether (sulfide) groups is 1. The maximum atomic E-state index is 14.3. The highest BCUT2D eigenvalue weighted by Crippen LogP contribution is 2.31. The molecule has 0 fully saturated rings. The van der Waals surface area contributed by atoms with Gasteiger partial charge in [0.25, 0.3) is 5.91 Å². The molecule has 2 N–H and O–H groups in total. The first kappa shape index (κ1) is 33.1. The molecule has 0 aliphatic rings. The molecule has 0 saturated carbocycles. The molecule has 3 atom stereocenters. The summed E-state index contributed by atoms with van der Waals surface area (Å²) in [7, 11) is 0. The quantitative estimate of drug-likeness (QED) is 0.291. The molecule has 0 aromatic heterocycles. The fourth-order valence-electron chi connectivity index (χ4n) is 4.10. The van der Waals surface area contributed by atoms with Gasteiger partial charge in [0, 0.05) is 11.6 Å². The third kappa shape index (κ3) is 9.21. The van der Waals surface area contributed by atoms with Crippen molar-refractivity contribution in [1.29, 1.82) is 0 Å². The average Bonchev–Trinajstić information content (AvgIpc) is 2.90. The lowest BCUT2D eigenvalue weighted by Crippen LogP contribution is -2.55. The Hall–Kier alpha value is -3.15. The normalized spacial score (nSPS) is 13.4. The molecule has 0 aliphatic heterocycles. The van der Waals surface area contributed by atoms with E-state index in [1.165, 1.54) is 0 Å². The number of amides is 3. The second-order valence-corrected chi connectivity index (χ2v) is 12.0. The Morgan fingerprint density at radius 3 is 2.33 bits per heavy atom. The second kappa shape index (κ2) is 15.0. The summed E-state index contributed by atoms with van der Waals surface area (Å²) in [4.78, 5) is 42.6. The van der Waals surface area contributed by atoms with Gasteiger partial charge in [-0.1, -0.05) is 48.7 Å². The first-order valence-electron chi connectivity index (χ1n) is 13.3. The van der Waals surface area contributed by atoms with Gasteiger partial charge in [0.15, 0.2) is 0 Å². The van der Waals surface area contributed by atoms with E-state index in [9.17, 15) is 14.4 Å². The summed E-state index contributed by atoms with van der Waals surface area (Å²) >= 11 is 7.99. The Kier molecular flexibility index (Phi) is 12.4. The maximum Gasteiger partial charge on any atom is 0.408 e. The molecule has 7 nitrogen and oxygen atoms in total. The summed E-state index contributed by atoms with van der Waals surface area (Å²) in [5.41, 5.74) is 1.75. The number of nitrogens with zero attached hydrogens (tertiary/aromatic N) is 1. The number of halogens is 1. The standard InChI is InChI=1S/C31H40ClN3O4S/c1-9-21(4)35(29(37)25(18-19-40-8)33-30(38)39-31(5,6)7)27(23-16-14-22(10-2)15-17-23)28(36)34-26-20(3)12-11-13-24(26)32/h2,11-17,21,25,27H,9,18-19H2,1,3-8H3,(H,33,38)(H,34,36). The summed E-state index contributed by atoms with van der Waals surface area (Å²) in [6.07, 6.45) is 7.73. The van der Waals surface area contributed by atoms with Crippen LogP contribution in [0.15, 0.2) is 42.5 Å². The van der Waals surface area contributed by atoms with Crippen molar-refractivity contribution >= 4 is 47.0 Å². The van der Waals surface area contributed by atoms with Gasteiger partial charge in [-0.3, -0.25) is 9.59 Å². The molecule has 9 heteroatoms. The van der Waals surface area contributed by atoms with Crippen molar-refractivity contribution in [1.82, 2.24) is 10.2 Å². The molecule has 0 saturated heterocycles. The van der Waals surface area contributed by atoms with Crippen LogP contribution in [0.5, 0.6) is 0 Å². The third-order valence-corrected chi connectivity index (χ3v) is 7.27. The summed E-state index contributed by atoms with van der Waals surface area (Å²) in [5, 5.41) is 6.10. The van der Waals surface area contributed by atoms with Crippen LogP contribution in [0.3, 0.4) is 0 Å². The van der Waals surface area contributed by atoms with E-state index < -0.39 is 29.7 Å². The predicted octanol–water partition coefficient (Wildman–Crippen LogP) is 6.58. The molecule has 2 aromatic rings. The zero-order valence-corrected chi connectivity index (χ0v) is 25.9. The number of para-hydroxylation sites is 1. The summed E-state index contributed by atoms with van der Waals surface area (Å²) < 4.78 is 5.45. The fourth-order valence-corrected chi connectivity index (χ4v) is 4.84. The van der Waals surface area contributed by atoms with Crippen LogP contribution >= 0.6 is 23.4 Å². The summed E-state index contributed by atoms with van der Waals surface area (Å²) in [5.74, 6) is 2.39. The molecule has 3 amide bonds. The number of ether oxygens (including phenoxy) is 1. The van der Waals surface area contributed by atoms with Crippen LogP contribution in [0, 0.1) is 19.3 Å². The highest BCUT2D eigenvalue weighted by Gasteiger charge is 2.38. The van der Waals surface area contributed by atoms with Crippen LogP contribution < -0.4 is 10.6 Å². The number of benzene rings is 2. The Balaban J connectivity index is 2.61. The van der Waals surface area contributed by atoms with E-state index in [2.05, 4.69) is 16.6 Å². The van der Waals surface area contributed by atoms with E-state index in [0.29, 0.717) is 40.4 Å². The van der Waals surface area contributed by atoms with Crippen molar-refractivity contribution in [3.8, 4) is 12.3 Å². The molecule has 0 heterocycles. The van der Waals surface area contributed by atoms with Crippen LogP contribution in [0.25, 0.3) is 0 Å². The van der Waals surface area contributed by atoms with Gasteiger partial charge in [-0.05, 0) is 88.8 Å². The lowest BCUT2D eigenvalue weighted by molar-refractivity contribution is -0.143. The summed E-state index contributed by atoms with van der Waals surface area (Å²) in [6, 6.07) is 10.0. The molecular formula is C31H40ClN3O4S. The smallest absolute Gasteiger partial charge is 0.408 e. The molecule has 0 radical (unpaired) electrons. The highest BCUT2D eigenvalue weighted by molar-refractivity contribution is 7.98. The Labute approximate surface area is 247 Å². The van der Waals surface area contributed by atoms with Gasteiger partial charge < -0.3 is 20.3 Å². The van der Waals surface area contributed by atoms with Gasteiger partial charge in [0.2, 0.25) is 5.91 Å². The minimum Gasteiger partial charge on any atom is -0.444 e. The molecule has 216 valence electrons. The number of hydrogen-bond acceptors (Lipinski definition) is 5. The second-order valence-electron chi connectivity index (χ2n) is 10.6. The van der Waals surface area contributed by atoms with Crippen LogP contribution in [0.2, 0.25) is 5.02 Å². The zero-order valence-electron chi connectivity index (χ0n) is 24.3. The van der Waals surface area contributed by atoms with E-state index in [-0.39, 0.29) is 11.9 Å². The molecule has 3 unspecified atom stereocenters. The number of alkyl carbamates (subject to hydrolysis) is 1. The van der Waals surface area contributed by atoms with Gasteiger partial charge in [-0.15, -0.1) is 6.42 Å². The van der Waals surface area contributed by atoms with Gasteiger partial charge in [0.1, 0.15) is 17.7 Å². The van der Waals surface area contributed by atoms with Crippen LogP contribution in [-0.2, 0) is 14.3 Å². The van der Waals surface area contributed by atoms with Crippen molar-refractivity contribution < 1.29 is 19.1 Å². The van der Waals surface area contributed by atoms with E-state index >= 15 is 0 Å². The van der Waals surface area contributed by atoms with E-state index in [0.717, 1.165) is 5.56 Å². The number of carbonyl (C=O) groups is 3. The van der Waals surface area contributed by atoms with E-state index in [4.69, 9.17) is 22.8 Å². The number of aryl methyl sites for hydroxylation is 1. The number of anilines is 1. The lowest BCUT2D eigenvalue weighted by atomic mass is 9.98. The van der Waals surface area contributed by atoms with Crippen molar-refractivity contribution in [2.75, 3.05) is 17.3 Å². The van der Waals surface area contributed by atoms with Crippen LogP contribution in [0.4, 0.5) is 10.5 Å². The summed E-state index contributed by atoms with van der Waals surface area (Å²) in [6.45, 7) is 10.9. The number of hydrogen-bond donors (Lipinski definition) is 2. The van der Waals surface area contributed by atoms with E-state index in [1.807, 2.05) is 33.1 Å². The Bertz CT molecular complexity index is 1200. The van der Waals surface area contributed by atoms with Crippen molar-refractivity contribution in [3.63, 3.8) is 0 Å². The van der Waals surface area contributed by atoms with Gasteiger partial charge in [-0.2, -0.15) is 11.8 Å². The van der Waals surface area contributed by atoms with Crippen molar-refractivity contribution in [2.45, 2.75) is 78.1 Å².